The molecule has 0 aliphatic carbocycles. The number of benzene rings is 2. The summed E-state index contributed by atoms with van der Waals surface area (Å²) in [5, 5.41) is 0. The SMILES string of the molecule is Cc1cc(-c2ccc3c(c2)n(Cc2ccccc2)c(=O)n3CC(C)C)cn(C)c1=O. The highest BCUT2D eigenvalue weighted by Gasteiger charge is 2.16. The Kier molecular flexibility index (Phi) is 5.20. The topological polar surface area (TPSA) is 48.9 Å². The van der Waals surface area contributed by atoms with Gasteiger partial charge in [-0.2, -0.15) is 0 Å². The quantitative estimate of drug-likeness (QED) is 0.504. The third-order valence-electron chi connectivity index (χ3n) is 5.45. The van der Waals surface area contributed by atoms with Crippen LogP contribution < -0.4 is 11.2 Å². The van der Waals surface area contributed by atoms with Crippen molar-refractivity contribution in [3.05, 3.63) is 92.8 Å². The Labute approximate surface area is 175 Å². The van der Waals surface area contributed by atoms with E-state index in [4.69, 9.17) is 0 Å². The predicted molar refractivity (Wildman–Crippen MR) is 122 cm³/mol. The fourth-order valence-corrected chi connectivity index (χ4v) is 4.00. The predicted octanol–water partition coefficient (Wildman–Crippen LogP) is 4.18. The standard InChI is InChI=1S/C25H27N3O2/c1-17(2)14-27-22-11-10-20(21-12-18(3)24(29)26(4)16-21)13-23(22)28(25(27)30)15-19-8-6-5-7-9-19/h5-13,16-17H,14-15H2,1-4H3. The normalized spacial score (nSPS) is 11.5. The number of pyridine rings is 1. The second-order valence-electron chi connectivity index (χ2n) is 8.39. The lowest BCUT2D eigenvalue weighted by molar-refractivity contribution is 0.513. The molecular weight excluding hydrogens is 374 g/mol. The first-order valence-electron chi connectivity index (χ1n) is 10.3. The van der Waals surface area contributed by atoms with E-state index in [2.05, 4.69) is 19.9 Å². The van der Waals surface area contributed by atoms with Gasteiger partial charge in [0.15, 0.2) is 0 Å². The van der Waals surface area contributed by atoms with Crippen molar-refractivity contribution in [1.82, 2.24) is 13.7 Å². The lowest BCUT2D eigenvalue weighted by Crippen LogP contribution is -2.26. The molecule has 0 saturated carbocycles. The maximum Gasteiger partial charge on any atom is 0.329 e. The molecule has 0 saturated heterocycles. The smallest absolute Gasteiger partial charge is 0.318 e. The zero-order valence-electron chi connectivity index (χ0n) is 17.9. The van der Waals surface area contributed by atoms with E-state index in [1.165, 1.54) is 0 Å². The molecule has 0 fully saturated rings. The fraction of sp³-hybridized carbons (Fsp3) is 0.280. The van der Waals surface area contributed by atoms with Crippen LogP contribution in [0, 0.1) is 12.8 Å². The number of fused-ring (bicyclic) bond motifs is 1. The molecule has 0 aliphatic heterocycles. The fourth-order valence-electron chi connectivity index (χ4n) is 4.00. The van der Waals surface area contributed by atoms with Crippen molar-refractivity contribution in [3.8, 4) is 11.1 Å². The Morgan fingerprint density at radius 2 is 1.60 bits per heavy atom. The van der Waals surface area contributed by atoms with Gasteiger partial charge in [-0.1, -0.05) is 50.2 Å². The van der Waals surface area contributed by atoms with E-state index >= 15 is 0 Å². The number of aryl methyl sites for hydroxylation is 2. The Morgan fingerprint density at radius 3 is 2.27 bits per heavy atom. The molecule has 0 atom stereocenters. The molecule has 154 valence electrons. The van der Waals surface area contributed by atoms with Gasteiger partial charge in [-0.25, -0.2) is 4.79 Å². The van der Waals surface area contributed by atoms with Crippen LogP contribution in [0.3, 0.4) is 0 Å². The summed E-state index contributed by atoms with van der Waals surface area (Å²) >= 11 is 0. The number of hydrogen-bond acceptors (Lipinski definition) is 2. The van der Waals surface area contributed by atoms with Crippen molar-refractivity contribution < 1.29 is 0 Å². The van der Waals surface area contributed by atoms with E-state index in [1.807, 2.05) is 70.8 Å². The number of nitrogens with zero attached hydrogens (tertiary/aromatic N) is 3. The largest absolute Gasteiger partial charge is 0.329 e. The molecule has 2 aromatic carbocycles. The van der Waals surface area contributed by atoms with Gasteiger partial charge in [0.05, 0.1) is 17.6 Å². The van der Waals surface area contributed by atoms with Crippen LogP contribution in [-0.2, 0) is 20.1 Å². The van der Waals surface area contributed by atoms with Crippen molar-refractivity contribution >= 4 is 11.0 Å². The first kappa shape index (κ1) is 20.0. The summed E-state index contributed by atoms with van der Waals surface area (Å²) < 4.78 is 5.33. The van der Waals surface area contributed by atoms with Gasteiger partial charge in [0.1, 0.15) is 0 Å². The summed E-state index contributed by atoms with van der Waals surface area (Å²) in [7, 11) is 1.77. The van der Waals surface area contributed by atoms with Crippen LogP contribution in [0.15, 0.2) is 70.4 Å². The zero-order chi connectivity index (χ0) is 21.4. The first-order chi connectivity index (χ1) is 14.3. The Balaban J connectivity index is 1.92. The summed E-state index contributed by atoms with van der Waals surface area (Å²) in [6, 6.07) is 18.1. The van der Waals surface area contributed by atoms with E-state index in [9.17, 15) is 9.59 Å². The summed E-state index contributed by atoms with van der Waals surface area (Å²) in [5.74, 6) is 0.365. The third kappa shape index (κ3) is 3.63. The van der Waals surface area contributed by atoms with Crippen LogP contribution in [0.25, 0.3) is 22.2 Å². The van der Waals surface area contributed by atoms with Gasteiger partial charge in [-0.05, 0) is 47.7 Å². The van der Waals surface area contributed by atoms with Crippen molar-refractivity contribution in [1.29, 1.82) is 0 Å². The van der Waals surface area contributed by atoms with Gasteiger partial charge in [0, 0.05) is 25.4 Å². The van der Waals surface area contributed by atoms with Crippen LogP contribution in [0.2, 0.25) is 0 Å². The van der Waals surface area contributed by atoms with E-state index in [0.29, 0.717) is 24.6 Å². The van der Waals surface area contributed by atoms with E-state index in [-0.39, 0.29) is 11.2 Å². The molecule has 2 heterocycles. The summed E-state index contributed by atoms with van der Waals surface area (Å²) in [5.41, 5.74) is 5.61. The molecule has 0 aliphatic rings. The Bertz CT molecular complexity index is 1300. The van der Waals surface area contributed by atoms with Crippen LogP contribution in [-0.4, -0.2) is 13.7 Å². The molecule has 5 heteroatoms. The van der Waals surface area contributed by atoms with Crippen molar-refractivity contribution in [2.45, 2.75) is 33.9 Å². The molecule has 0 amide bonds. The summed E-state index contributed by atoms with van der Waals surface area (Å²) in [6.07, 6.45) is 1.85. The Morgan fingerprint density at radius 1 is 0.867 bits per heavy atom. The third-order valence-corrected chi connectivity index (χ3v) is 5.45. The average molecular weight is 402 g/mol. The molecule has 0 unspecified atom stereocenters. The maximum atomic E-state index is 13.3. The van der Waals surface area contributed by atoms with Crippen LogP contribution in [0.4, 0.5) is 0 Å². The van der Waals surface area contributed by atoms with Crippen molar-refractivity contribution in [2.75, 3.05) is 0 Å². The number of imidazole rings is 1. The van der Waals surface area contributed by atoms with E-state index < -0.39 is 0 Å². The first-order valence-corrected chi connectivity index (χ1v) is 10.3. The second kappa shape index (κ2) is 7.82. The molecule has 30 heavy (non-hydrogen) atoms. The minimum absolute atomic E-state index is 0.00361. The molecule has 4 rings (SSSR count). The van der Waals surface area contributed by atoms with Gasteiger partial charge >= 0.3 is 5.69 Å². The number of aromatic nitrogens is 3. The summed E-state index contributed by atoms with van der Waals surface area (Å²) in [6.45, 7) is 7.27. The highest BCUT2D eigenvalue weighted by molar-refractivity contribution is 5.83. The molecule has 4 aromatic rings. The van der Waals surface area contributed by atoms with E-state index in [1.54, 1.807) is 11.6 Å². The highest BCUT2D eigenvalue weighted by Crippen LogP contribution is 2.25. The lowest BCUT2D eigenvalue weighted by atomic mass is 10.0. The van der Waals surface area contributed by atoms with Gasteiger partial charge < -0.3 is 4.57 Å². The molecule has 5 nitrogen and oxygen atoms in total. The highest BCUT2D eigenvalue weighted by atomic mass is 16.1. The molecule has 0 bridgehead atoms. The monoisotopic (exact) mass is 401 g/mol. The van der Waals surface area contributed by atoms with Crippen LogP contribution in [0.1, 0.15) is 25.0 Å². The van der Waals surface area contributed by atoms with Crippen LogP contribution >= 0.6 is 0 Å². The molecule has 0 spiro atoms. The molecular formula is C25H27N3O2. The van der Waals surface area contributed by atoms with Gasteiger partial charge in [0.25, 0.3) is 5.56 Å². The van der Waals surface area contributed by atoms with Crippen molar-refractivity contribution in [2.24, 2.45) is 13.0 Å². The second-order valence-corrected chi connectivity index (χ2v) is 8.39. The zero-order valence-corrected chi connectivity index (χ0v) is 17.9. The van der Waals surface area contributed by atoms with Gasteiger partial charge in [-0.3, -0.25) is 13.9 Å². The van der Waals surface area contributed by atoms with Crippen molar-refractivity contribution in [3.63, 3.8) is 0 Å². The van der Waals surface area contributed by atoms with Gasteiger partial charge in [0.2, 0.25) is 0 Å². The summed E-state index contributed by atoms with van der Waals surface area (Å²) in [4.78, 5) is 25.4. The van der Waals surface area contributed by atoms with Gasteiger partial charge in [-0.15, -0.1) is 0 Å². The molecule has 0 N–H and O–H groups in total. The lowest BCUT2D eigenvalue weighted by Gasteiger charge is -2.09. The minimum Gasteiger partial charge on any atom is -0.318 e. The van der Waals surface area contributed by atoms with Crippen LogP contribution in [0.5, 0.6) is 0 Å². The van der Waals surface area contributed by atoms with E-state index in [0.717, 1.165) is 27.7 Å². The number of hydrogen-bond donors (Lipinski definition) is 0. The minimum atomic E-state index is 0.00361. The average Bonchev–Trinajstić information content (AvgIpc) is 2.97. The number of rotatable bonds is 5. The Hall–Kier alpha value is -3.34. The maximum absolute atomic E-state index is 13.3. The molecule has 0 radical (unpaired) electrons. The molecule has 2 aromatic heterocycles.